The quantitative estimate of drug-likeness (QED) is 0.590. The summed E-state index contributed by atoms with van der Waals surface area (Å²) < 4.78 is 5.05. The van der Waals surface area contributed by atoms with Crippen molar-refractivity contribution < 1.29 is 19.1 Å². The molecule has 0 atom stereocenters. The molecule has 142 valence electrons. The Labute approximate surface area is 152 Å². The average Bonchev–Trinajstić information content (AvgIpc) is 2.62. The number of nitrogens with two attached hydrogens (primary N) is 1. The van der Waals surface area contributed by atoms with Crippen molar-refractivity contribution in [1.29, 1.82) is 0 Å². The summed E-state index contributed by atoms with van der Waals surface area (Å²) in [7, 11) is 1.43. The molecule has 8 nitrogen and oxygen atoms in total. The number of carbonyl (C=O) groups excluding carboxylic acids is 3. The molecule has 4 amide bonds. The van der Waals surface area contributed by atoms with Crippen LogP contribution in [0.4, 0.5) is 10.5 Å². The van der Waals surface area contributed by atoms with Gasteiger partial charge in [0, 0.05) is 24.7 Å². The van der Waals surface area contributed by atoms with Gasteiger partial charge in [-0.3, -0.25) is 9.59 Å². The van der Waals surface area contributed by atoms with Gasteiger partial charge >= 0.3 is 6.03 Å². The second-order valence-electron chi connectivity index (χ2n) is 6.31. The lowest BCUT2D eigenvalue weighted by molar-refractivity contribution is -0.121. The number of nitrogens with one attached hydrogen (secondary N) is 3. The Morgan fingerprint density at radius 1 is 1.19 bits per heavy atom. The third-order valence-electron chi connectivity index (χ3n) is 4.33. The molecule has 0 unspecified atom stereocenters. The van der Waals surface area contributed by atoms with Crippen LogP contribution in [0.5, 0.6) is 5.75 Å². The summed E-state index contributed by atoms with van der Waals surface area (Å²) >= 11 is 0. The molecule has 0 aromatic heterocycles. The van der Waals surface area contributed by atoms with E-state index in [0.717, 1.165) is 25.7 Å². The van der Waals surface area contributed by atoms with Crippen molar-refractivity contribution in [3.8, 4) is 5.75 Å². The molecule has 1 aliphatic carbocycles. The lowest BCUT2D eigenvalue weighted by Crippen LogP contribution is -2.38. The zero-order valence-electron chi connectivity index (χ0n) is 15.0. The van der Waals surface area contributed by atoms with E-state index in [1.807, 2.05) is 0 Å². The summed E-state index contributed by atoms with van der Waals surface area (Å²) in [5, 5.41) is 8.22. The standard InChI is InChI=1S/C18H26N4O4/c1-26-15-8-7-13(11-14(15)17(19)24)22-18(25)20-10-9-16(23)21-12-5-3-2-4-6-12/h7-8,11-12H,2-6,9-10H2,1H3,(H2,19,24)(H,21,23)(H2,20,22,25). The van der Waals surface area contributed by atoms with Crippen LogP contribution in [-0.4, -0.2) is 37.5 Å². The second-order valence-corrected chi connectivity index (χ2v) is 6.31. The highest BCUT2D eigenvalue weighted by Crippen LogP contribution is 2.22. The summed E-state index contributed by atoms with van der Waals surface area (Å²) in [5.41, 5.74) is 5.87. The number of hydrogen-bond acceptors (Lipinski definition) is 4. The lowest BCUT2D eigenvalue weighted by Gasteiger charge is -2.22. The van der Waals surface area contributed by atoms with E-state index < -0.39 is 11.9 Å². The van der Waals surface area contributed by atoms with E-state index in [4.69, 9.17) is 10.5 Å². The van der Waals surface area contributed by atoms with Crippen LogP contribution in [0.25, 0.3) is 0 Å². The number of amides is 4. The molecule has 2 rings (SSSR count). The zero-order valence-corrected chi connectivity index (χ0v) is 15.0. The Morgan fingerprint density at radius 3 is 2.58 bits per heavy atom. The number of carbonyl (C=O) groups is 3. The molecular weight excluding hydrogens is 336 g/mol. The molecule has 1 aromatic rings. The summed E-state index contributed by atoms with van der Waals surface area (Å²) in [6.07, 6.45) is 5.82. The first-order valence-electron chi connectivity index (χ1n) is 8.81. The van der Waals surface area contributed by atoms with Crippen molar-refractivity contribution in [2.24, 2.45) is 5.73 Å². The Hall–Kier alpha value is -2.77. The van der Waals surface area contributed by atoms with Gasteiger partial charge in [0.1, 0.15) is 5.75 Å². The minimum atomic E-state index is -0.648. The molecule has 1 fully saturated rings. The molecule has 0 radical (unpaired) electrons. The largest absolute Gasteiger partial charge is 0.496 e. The van der Waals surface area contributed by atoms with Gasteiger partial charge in [0.15, 0.2) is 0 Å². The maximum atomic E-state index is 11.9. The van der Waals surface area contributed by atoms with Crippen molar-refractivity contribution in [2.45, 2.75) is 44.6 Å². The van der Waals surface area contributed by atoms with Crippen LogP contribution in [0.2, 0.25) is 0 Å². The number of urea groups is 1. The predicted octanol–water partition coefficient (Wildman–Crippen LogP) is 1.75. The number of primary amides is 1. The predicted molar refractivity (Wildman–Crippen MR) is 98.2 cm³/mol. The third kappa shape index (κ3) is 5.94. The van der Waals surface area contributed by atoms with E-state index in [9.17, 15) is 14.4 Å². The molecule has 8 heteroatoms. The second kappa shape index (κ2) is 9.65. The van der Waals surface area contributed by atoms with Crippen molar-refractivity contribution in [3.63, 3.8) is 0 Å². The van der Waals surface area contributed by atoms with Gasteiger partial charge in [-0.25, -0.2) is 4.79 Å². The van der Waals surface area contributed by atoms with E-state index in [2.05, 4.69) is 16.0 Å². The first kappa shape index (κ1) is 19.6. The number of anilines is 1. The summed E-state index contributed by atoms with van der Waals surface area (Å²) in [6.45, 7) is 0.225. The fraction of sp³-hybridized carbons (Fsp3) is 0.500. The van der Waals surface area contributed by atoms with Crippen LogP contribution in [0.3, 0.4) is 0 Å². The van der Waals surface area contributed by atoms with Crippen molar-refractivity contribution in [2.75, 3.05) is 19.0 Å². The summed E-state index contributed by atoms with van der Waals surface area (Å²) in [5.74, 6) is -0.370. The smallest absolute Gasteiger partial charge is 0.319 e. The van der Waals surface area contributed by atoms with Gasteiger partial charge in [0.25, 0.3) is 5.91 Å². The first-order chi connectivity index (χ1) is 12.5. The molecule has 0 bridgehead atoms. The molecule has 0 aliphatic heterocycles. The fourth-order valence-corrected chi connectivity index (χ4v) is 2.99. The molecule has 0 heterocycles. The Bertz CT molecular complexity index is 657. The zero-order chi connectivity index (χ0) is 18.9. The van der Waals surface area contributed by atoms with Crippen LogP contribution in [0.15, 0.2) is 18.2 Å². The minimum Gasteiger partial charge on any atom is -0.496 e. The van der Waals surface area contributed by atoms with Gasteiger partial charge in [0.05, 0.1) is 12.7 Å². The van der Waals surface area contributed by atoms with E-state index >= 15 is 0 Å². The van der Waals surface area contributed by atoms with Gasteiger partial charge < -0.3 is 26.4 Å². The highest BCUT2D eigenvalue weighted by atomic mass is 16.5. The van der Waals surface area contributed by atoms with Crippen molar-refractivity contribution in [3.05, 3.63) is 23.8 Å². The molecule has 1 aromatic carbocycles. The van der Waals surface area contributed by atoms with Crippen LogP contribution < -0.4 is 26.4 Å². The number of hydrogen-bond donors (Lipinski definition) is 4. The maximum absolute atomic E-state index is 11.9. The number of benzene rings is 1. The normalized spacial score (nSPS) is 14.3. The SMILES string of the molecule is COc1ccc(NC(=O)NCCC(=O)NC2CCCCC2)cc1C(N)=O. The molecule has 0 spiro atoms. The first-order valence-corrected chi connectivity index (χ1v) is 8.81. The molecule has 1 saturated carbocycles. The molecule has 26 heavy (non-hydrogen) atoms. The van der Waals surface area contributed by atoms with E-state index in [0.29, 0.717) is 11.4 Å². The highest BCUT2D eigenvalue weighted by molar-refractivity contribution is 5.98. The lowest BCUT2D eigenvalue weighted by atomic mass is 9.95. The molecular formula is C18H26N4O4. The Kier molecular flexibility index (Phi) is 7.25. The molecule has 0 saturated heterocycles. The Morgan fingerprint density at radius 2 is 1.92 bits per heavy atom. The van der Waals surface area contributed by atoms with E-state index in [1.165, 1.54) is 19.6 Å². The van der Waals surface area contributed by atoms with Crippen LogP contribution in [-0.2, 0) is 4.79 Å². The van der Waals surface area contributed by atoms with Gasteiger partial charge in [0.2, 0.25) is 5.91 Å². The average molecular weight is 362 g/mol. The van der Waals surface area contributed by atoms with Crippen molar-refractivity contribution in [1.82, 2.24) is 10.6 Å². The monoisotopic (exact) mass is 362 g/mol. The van der Waals surface area contributed by atoms with Crippen LogP contribution in [0, 0.1) is 0 Å². The van der Waals surface area contributed by atoms with Gasteiger partial charge in [-0.05, 0) is 31.0 Å². The minimum absolute atomic E-state index is 0.0577. The van der Waals surface area contributed by atoms with Gasteiger partial charge in [-0.15, -0.1) is 0 Å². The van der Waals surface area contributed by atoms with Gasteiger partial charge in [-0.1, -0.05) is 19.3 Å². The fourth-order valence-electron chi connectivity index (χ4n) is 2.99. The molecule has 1 aliphatic rings. The number of methoxy groups -OCH3 is 1. The topological polar surface area (TPSA) is 123 Å². The van der Waals surface area contributed by atoms with Crippen molar-refractivity contribution >= 4 is 23.5 Å². The van der Waals surface area contributed by atoms with E-state index in [-0.39, 0.29) is 30.5 Å². The Balaban J connectivity index is 1.75. The van der Waals surface area contributed by atoms with E-state index in [1.54, 1.807) is 12.1 Å². The maximum Gasteiger partial charge on any atom is 0.319 e. The molecule has 5 N–H and O–H groups in total. The van der Waals surface area contributed by atoms with Gasteiger partial charge in [-0.2, -0.15) is 0 Å². The van der Waals surface area contributed by atoms with Crippen LogP contribution in [0.1, 0.15) is 48.9 Å². The highest BCUT2D eigenvalue weighted by Gasteiger charge is 2.15. The summed E-state index contributed by atoms with van der Waals surface area (Å²) in [6, 6.07) is 4.39. The number of ether oxygens (including phenoxy) is 1. The van der Waals surface area contributed by atoms with Crippen LogP contribution >= 0.6 is 0 Å². The third-order valence-corrected chi connectivity index (χ3v) is 4.33. The summed E-state index contributed by atoms with van der Waals surface area (Å²) in [4.78, 5) is 35.2. The number of rotatable bonds is 7.